The van der Waals surface area contributed by atoms with Crippen molar-refractivity contribution >= 4 is 40.7 Å². The van der Waals surface area contributed by atoms with Crippen LogP contribution in [0.4, 0.5) is 5.69 Å². The van der Waals surface area contributed by atoms with Gasteiger partial charge in [-0.25, -0.2) is 0 Å². The Morgan fingerprint density at radius 3 is 2.58 bits per heavy atom. The molecule has 0 aliphatic carbocycles. The van der Waals surface area contributed by atoms with E-state index < -0.39 is 4.92 Å². The van der Waals surface area contributed by atoms with Crippen molar-refractivity contribution in [2.75, 3.05) is 0 Å². The first-order valence-electron chi connectivity index (χ1n) is 6.64. The fourth-order valence-electron chi connectivity index (χ4n) is 1.98. The molecular formula is C14H9Cl2N5O2S. The molecule has 0 aliphatic rings. The summed E-state index contributed by atoms with van der Waals surface area (Å²) in [6, 6.07) is 11.6. The summed E-state index contributed by atoms with van der Waals surface area (Å²) in [4.78, 5) is 10.4. The van der Waals surface area contributed by atoms with E-state index in [1.54, 1.807) is 35.0 Å². The predicted octanol–water partition coefficient (Wildman–Crippen LogP) is 4.17. The molecule has 1 aromatic heterocycles. The van der Waals surface area contributed by atoms with E-state index >= 15 is 0 Å². The van der Waals surface area contributed by atoms with Crippen LogP contribution in [0.25, 0.3) is 5.69 Å². The van der Waals surface area contributed by atoms with E-state index in [2.05, 4.69) is 15.5 Å². The number of thioether (sulfide) groups is 1. The molecule has 122 valence electrons. The molecule has 0 fully saturated rings. The molecule has 1 heterocycles. The number of tetrazole rings is 1. The van der Waals surface area contributed by atoms with Gasteiger partial charge >= 0.3 is 0 Å². The van der Waals surface area contributed by atoms with Gasteiger partial charge in [-0.1, -0.05) is 35.0 Å². The highest BCUT2D eigenvalue weighted by molar-refractivity contribution is 7.98. The number of benzene rings is 2. The lowest BCUT2D eigenvalue weighted by Crippen LogP contribution is -1.99. The summed E-state index contributed by atoms with van der Waals surface area (Å²) in [5, 5.41) is 24.0. The quantitative estimate of drug-likeness (QED) is 0.374. The molecule has 2 aromatic carbocycles. The van der Waals surface area contributed by atoms with Crippen LogP contribution in [0.3, 0.4) is 0 Å². The number of hydrogen-bond donors (Lipinski definition) is 0. The lowest BCUT2D eigenvalue weighted by molar-refractivity contribution is -0.384. The van der Waals surface area contributed by atoms with Crippen molar-refractivity contribution in [2.24, 2.45) is 0 Å². The summed E-state index contributed by atoms with van der Waals surface area (Å²) in [6.07, 6.45) is 0. The topological polar surface area (TPSA) is 86.7 Å². The highest BCUT2D eigenvalue weighted by atomic mass is 35.5. The minimum Gasteiger partial charge on any atom is -0.258 e. The van der Waals surface area contributed by atoms with Crippen LogP contribution in [0.2, 0.25) is 10.0 Å². The summed E-state index contributed by atoms with van der Waals surface area (Å²) < 4.78 is 1.57. The first-order valence-corrected chi connectivity index (χ1v) is 8.38. The summed E-state index contributed by atoms with van der Waals surface area (Å²) in [6.45, 7) is 0. The van der Waals surface area contributed by atoms with Gasteiger partial charge in [0.25, 0.3) is 5.69 Å². The molecule has 0 N–H and O–H groups in total. The number of non-ortho nitro benzene ring substituents is 1. The van der Waals surface area contributed by atoms with Gasteiger partial charge in [-0.3, -0.25) is 10.1 Å². The van der Waals surface area contributed by atoms with Crippen molar-refractivity contribution in [3.05, 3.63) is 68.2 Å². The predicted molar refractivity (Wildman–Crippen MR) is 91.8 cm³/mol. The fraction of sp³-hybridized carbons (Fsp3) is 0.0714. The van der Waals surface area contributed by atoms with Crippen molar-refractivity contribution in [1.29, 1.82) is 0 Å². The maximum atomic E-state index is 10.9. The van der Waals surface area contributed by atoms with Crippen LogP contribution in [0.1, 0.15) is 5.56 Å². The van der Waals surface area contributed by atoms with Gasteiger partial charge in [0, 0.05) is 27.9 Å². The van der Waals surface area contributed by atoms with Gasteiger partial charge in [-0.15, -0.1) is 5.10 Å². The van der Waals surface area contributed by atoms with Gasteiger partial charge in [-0.05, 0) is 46.3 Å². The molecule has 0 saturated heterocycles. The Morgan fingerprint density at radius 1 is 1.12 bits per heavy atom. The molecule has 10 heteroatoms. The Hall–Kier alpha value is -2.16. The Bertz CT molecular complexity index is 885. The van der Waals surface area contributed by atoms with Gasteiger partial charge < -0.3 is 0 Å². The van der Waals surface area contributed by atoms with Gasteiger partial charge in [0.15, 0.2) is 0 Å². The summed E-state index contributed by atoms with van der Waals surface area (Å²) in [5.74, 6) is 0.440. The summed E-state index contributed by atoms with van der Waals surface area (Å²) in [7, 11) is 0. The maximum absolute atomic E-state index is 10.9. The lowest BCUT2D eigenvalue weighted by Gasteiger charge is -2.05. The van der Waals surface area contributed by atoms with Crippen molar-refractivity contribution in [1.82, 2.24) is 20.2 Å². The number of rotatable bonds is 5. The number of nitrogens with zero attached hydrogens (tertiary/aromatic N) is 5. The van der Waals surface area contributed by atoms with Gasteiger partial charge in [0.05, 0.1) is 10.6 Å². The van der Waals surface area contributed by atoms with Crippen LogP contribution >= 0.6 is 35.0 Å². The van der Waals surface area contributed by atoms with E-state index in [1.165, 1.54) is 23.9 Å². The number of halogens is 2. The molecule has 0 radical (unpaired) electrons. The maximum Gasteiger partial charge on any atom is 0.271 e. The Labute approximate surface area is 150 Å². The Kier molecular flexibility index (Phi) is 4.98. The van der Waals surface area contributed by atoms with Crippen LogP contribution in [-0.2, 0) is 5.75 Å². The number of nitro groups is 1. The van der Waals surface area contributed by atoms with Crippen LogP contribution < -0.4 is 0 Å². The Morgan fingerprint density at radius 2 is 1.88 bits per heavy atom. The molecule has 0 spiro atoms. The third-order valence-corrected chi connectivity index (χ3v) is 4.49. The molecule has 3 aromatic rings. The second kappa shape index (κ2) is 7.16. The third-order valence-electron chi connectivity index (χ3n) is 3.03. The SMILES string of the molecule is O=[N+]([O-])c1cc(Cl)cc(CSc2nnnn2-c2ccc(Cl)cc2)c1. The fourth-order valence-corrected chi connectivity index (χ4v) is 3.18. The molecule has 24 heavy (non-hydrogen) atoms. The monoisotopic (exact) mass is 381 g/mol. The molecule has 0 saturated carbocycles. The second-order valence-electron chi connectivity index (χ2n) is 4.71. The zero-order valence-electron chi connectivity index (χ0n) is 12.0. The molecule has 7 nitrogen and oxygen atoms in total. The van der Waals surface area contributed by atoms with E-state index in [1.807, 2.05) is 0 Å². The Balaban J connectivity index is 1.80. The molecule has 0 atom stereocenters. The first kappa shape index (κ1) is 16.7. The summed E-state index contributed by atoms with van der Waals surface area (Å²) in [5.41, 5.74) is 1.43. The molecule has 3 rings (SSSR count). The minimum absolute atomic E-state index is 0.0459. The molecular weight excluding hydrogens is 373 g/mol. The van der Waals surface area contributed by atoms with Crippen LogP contribution in [-0.4, -0.2) is 25.1 Å². The molecule has 0 unspecified atom stereocenters. The molecule has 0 amide bonds. The molecule has 0 bridgehead atoms. The van der Waals surface area contributed by atoms with E-state index in [0.29, 0.717) is 26.5 Å². The third kappa shape index (κ3) is 3.84. The first-order chi connectivity index (χ1) is 11.5. The van der Waals surface area contributed by atoms with E-state index in [4.69, 9.17) is 23.2 Å². The second-order valence-corrected chi connectivity index (χ2v) is 6.53. The summed E-state index contributed by atoms with van der Waals surface area (Å²) >= 11 is 13.1. The highest BCUT2D eigenvalue weighted by Gasteiger charge is 2.12. The van der Waals surface area contributed by atoms with E-state index in [0.717, 1.165) is 5.69 Å². The van der Waals surface area contributed by atoms with E-state index in [-0.39, 0.29) is 5.69 Å². The minimum atomic E-state index is -0.474. The lowest BCUT2D eigenvalue weighted by atomic mass is 10.2. The smallest absolute Gasteiger partial charge is 0.258 e. The van der Waals surface area contributed by atoms with Gasteiger partial charge in [0.1, 0.15) is 0 Å². The van der Waals surface area contributed by atoms with Crippen LogP contribution in [0.15, 0.2) is 47.6 Å². The van der Waals surface area contributed by atoms with Gasteiger partial charge in [0.2, 0.25) is 5.16 Å². The zero-order chi connectivity index (χ0) is 17.1. The normalized spacial score (nSPS) is 10.8. The van der Waals surface area contributed by atoms with Crippen molar-refractivity contribution < 1.29 is 4.92 Å². The highest BCUT2D eigenvalue weighted by Crippen LogP contribution is 2.27. The van der Waals surface area contributed by atoms with Crippen LogP contribution in [0.5, 0.6) is 0 Å². The zero-order valence-corrected chi connectivity index (χ0v) is 14.3. The van der Waals surface area contributed by atoms with Crippen molar-refractivity contribution in [2.45, 2.75) is 10.9 Å². The van der Waals surface area contributed by atoms with Crippen molar-refractivity contribution in [3.8, 4) is 5.69 Å². The number of aromatic nitrogens is 4. The van der Waals surface area contributed by atoms with E-state index in [9.17, 15) is 10.1 Å². The van der Waals surface area contributed by atoms with Gasteiger partial charge in [-0.2, -0.15) is 4.68 Å². The standard InChI is InChI=1S/C14H9Cl2N5O2S/c15-10-1-3-12(4-2-10)20-14(17-18-19-20)24-8-9-5-11(16)7-13(6-9)21(22)23/h1-7H,8H2. The number of nitro benzene ring substituents is 1. The average Bonchev–Trinajstić information content (AvgIpc) is 3.01. The average molecular weight is 382 g/mol. The molecule has 0 aliphatic heterocycles. The van der Waals surface area contributed by atoms with Crippen molar-refractivity contribution in [3.63, 3.8) is 0 Å². The largest absolute Gasteiger partial charge is 0.271 e. The van der Waals surface area contributed by atoms with Crippen LogP contribution in [0, 0.1) is 10.1 Å². The number of hydrogen-bond acceptors (Lipinski definition) is 6.